The Hall–Kier alpha value is -3.31. The number of fused-ring (bicyclic) bond motifs is 1. The Morgan fingerprint density at radius 2 is 1.71 bits per heavy atom. The minimum Gasteiger partial charge on any atom is -0.391 e. The van der Waals surface area contributed by atoms with Crippen LogP contribution >= 0.6 is 0 Å². The van der Waals surface area contributed by atoms with Crippen molar-refractivity contribution in [3.05, 3.63) is 78.4 Å². The molecule has 0 saturated heterocycles. The first kappa shape index (κ1) is 18.1. The third kappa shape index (κ3) is 3.85. The maximum atomic E-state index is 12.6. The molecule has 4 rings (SSSR count). The number of hydrogen-bond acceptors (Lipinski definition) is 3. The fourth-order valence-corrected chi connectivity index (χ4v) is 3.67. The van der Waals surface area contributed by atoms with Gasteiger partial charge in [-0.05, 0) is 35.4 Å². The van der Waals surface area contributed by atoms with Crippen LogP contribution in [0.3, 0.4) is 0 Å². The monoisotopic (exact) mass is 373 g/mol. The normalized spacial score (nSPS) is 15.6. The molecule has 3 aromatic rings. The van der Waals surface area contributed by atoms with Gasteiger partial charge in [0.25, 0.3) is 0 Å². The van der Waals surface area contributed by atoms with Crippen LogP contribution in [0.5, 0.6) is 0 Å². The van der Waals surface area contributed by atoms with Crippen molar-refractivity contribution < 1.29 is 9.90 Å². The van der Waals surface area contributed by atoms with E-state index in [9.17, 15) is 9.90 Å². The maximum absolute atomic E-state index is 12.6. The van der Waals surface area contributed by atoms with Crippen molar-refractivity contribution in [3.63, 3.8) is 0 Å². The van der Waals surface area contributed by atoms with Crippen molar-refractivity contribution in [2.45, 2.75) is 12.5 Å². The standard InChI is InChI=1S/C23H23N3O2/c1-26-15-19(27)14-20-21(11-6-12-22(20)26)25-23(28)24-18-10-5-9-17(13-18)16-7-3-2-4-8-16/h2-13,19,27H,14-15H2,1H3,(H2,24,25,28). The summed E-state index contributed by atoms with van der Waals surface area (Å²) >= 11 is 0. The molecule has 2 amide bonds. The zero-order valence-corrected chi connectivity index (χ0v) is 15.7. The Labute approximate surface area is 164 Å². The molecule has 0 fully saturated rings. The number of urea groups is 1. The quantitative estimate of drug-likeness (QED) is 0.639. The molecule has 1 heterocycles. The average Bonchev–Trinajstić information content (AvgIpc) is 2.69. The van der Waals surface area contributed by atoms with Gasteiger partial charge in [-0.1, -0.05) is 48.5 Å². The molecular formula is C23H23N3O2. The van der Waals surface area contributed by atoms with Gasteiger partial charge in [-0.15, -0.1) is 0 Å². The van der Waals surface area contributed by atoms with Gasteiger partial charge in [-0.25, -0.2) is 4.79 Å². The van der Waals surface area contributed by atoms with E-state index in [1.54, 1.807) is 0 Å². The highest BCUT2D eigenvalue weighted by atomic mass is 16.3. The number of benzene rings is 3. The number of nitrogens with zero attached hydrogens (tertiary/aromatic N) is 1. The molecular weight excluding hydrogens is 350 g/mol. The Bertz CT molecular complexity index is 988. The smallest absolute Gasteiger partial charge is 0.323 e. The number of aliphatic hydroxyl groups is 1. The third-order valence-corrected chi connectivity index (χ3v) is 4.96. The van der Waals surface area contributed by atoms with Gasteiger partial charge in [0, 0.05) is 42.6 Å². The van der Waals surface area contributed by atoms with Crippen LogP contribution < -0.4 is 15.5 Å². The van der Waals surface area contributed by atoms with E-state index >= 15 is 0 Å². The summed E-state index contributed by atoms with van der Waals surface area (Å²) in [4.78, 5) is 14.6. The number of aliphatic hydroxyl groups excluding tert-OH is 1. The molecule has 142 valence electrons. The Kier molecular flexibility index (Phi) is 5.00. The molecule has 0 aromatic heterocycles. The number of likely N-dealkylation sites (N-methyl/N-ethyl adjacent to an activating group) is 1. The Morgan fingerprint density at radius 1 is 0.964 bits per heavy atom. The van der Waals surface area contributed by atoms with Gasteiger partial charge in [-0.2, -0.15) is 0 Å². The predicted molar refractivity (Wildman–Crippen MR) is 114 cm³/mol. The molecule has 3 N–H and O–H groups in total. The second-order valence-corrected chi connectivity index (χ2v) is 7.07. The van der Waals surface area contributed by atoms with Gasteiger partial charge in [0.05, 0.1) is 6.10 Å². The summed E-state index contributed by atoms with van der Waals surface area (Å²) in [6, 6.07) is 23.3. The molecule has 5 nitrogen and oxygen atoms in total. The Balaban J connectivity index is 1.51. The van der Waals surface area contributed by atoms with Crippen molar-refractivity contribution in [2.24, 2.45) is 0 Å². The highest BCUT2D eigenvalue weighted by Crippen LogP contribution is 2.32. The number of β-amino-alcohol motifs (C(OH)–C–C–N with tert-alkyl or cyclic N) is 1. The molecule has 0 aliphatic carbocycles. The number of carbonyl (C=O) groups excluding carboxylic acids is 1. The van der Waals surface area contributed by atoms with E-state index in [2.05, 4.69) is 10.6 Å². The largest absolute Gasteiger partial charge is 0.391 e. The second kappa shape index (κ2) is 7.74. The van der Waals surface area contributed by atoms with Crippen LogP contribution in [0.2, 0.25) is 0 Å². The summed E-state index contributed by atoms with van der Waals surface area (Å²) in [5, 5.41) is 15.9. The fraction of sp³-hybridized carbons (Fsp3) is 0.174. The lowest BCUT2D eigenvalue weighted by Gasteiger charge is -2.32. The first-order valence-electron chi connectivity index (χ1n) is 9.35. The van der Waals surface area contributed by atoms with Crippen molar-refractivity contribution in [1.29, 1.82) is 0 Å². The summed E-state index contributed by atoms with van der Waals surface area (Å²) in [6.45, 7) is 0.592. The number of carbonyl (C=O) groups is 1. The lowest BCUT2D eigenvalue weighted by atomic mass is 9.98. The number of rotatable bonds is 3. The first-order chi connectivity index (χ1) is 13.6. The van der Waals surface area contributed by atoms with Gasteiger partial charge in [0.15, 0.2) is 0 Å². The zero-order valence-electron chi connectivity index (χ0n) is 15.7. The minimum absolute atomic E-state index is 0.304. The summed E-state index contributed by atoms with van der Waals surface area (Å²) in [5.74, 6) is 0. The molecule has 28 heavy (non-hydrogen) atoms. The first-order valence-corrected chi connectivity index (χ1v) is 9.35. The van der Waals surface area contributed by atoms with E-state index < -0.39 is 6.10 Å². The molecule has 5 heteroatoms. The van der Waals surface area contributed by atoms with Crippen LogP contribution in [0.1, 0.15) is 5.56 Å². The zero-order chi connectivity index (χ0) is 19.5. The van der Waals surface area contributed by atoms with Crippen LogP contribution in [0.25, 0.3) is 11.1 Å². The second-order valence-electron chi connectivity index (χ2n) is 7.07. The highest BCUT2D eigenvalue weighted by Gasteiger charge is 2.23. The molecule has 0 saturated carbocycles. The van der Waals surface area contributed by atoms with Crippen molar-refractivity contribution in [2.75, 3.05) is 29.1 Å². The molecule has 0 radical (unpaired) electrons. The van der Waals surface area contributed by atoms with E-state index in [1.807, 2.05) is 84.7 Å². The van der Waals surface area contributed by atoms with Gasteiger partial charge >= 0.3 is 6.03 Å². The van der Waals surface area contributed by atoms with E-state index in [0.717, 1.165) is 33.8 Å². The lowest BCUT2D eigenvalue weighted by Crippen LogP contribution is -2.36. The van der Waals surface area contributed by atoms with Crippen LogP contribution in [-0.4, -0.2) is 30.8 Å². The van der Waals surface area contributed by atoms with Crippen LogP contribution in [0.15, 0.2) is 72.8 Å². The van der Waals surface area contributed by atoms with Gasteiger partial charge < -0.3 is 20.6 Å². The number of anilines is 3. The summed E-state index contributed by atoms with van der Waals surface area (Å²) < 4.78 is 0. The van der Waals surface area contributed by atoms with Crippen molar-refractivity contribution in [1.82, 2.24) is 0 Å². The highest BCUT2D eigenvalue weighted by molar-refractivity contribution is 6.01. The number of hydrogen-bond donors (Lipinski definition) is 3. The van der Waals surface area contributed by atoms with Crippen molar-refractivity contribution in [3.8, 4) is 11.1 Å². The number of nitrogens with one attached hydrogen (secondary N) is 2. The van der Waals surface area contributed by atoms with Gasteiger partial charge in [0.2, 0.25) is 0 Å². The van der Waals surface area contributed by atoms with Crippen LogP contribution in [-0.2, 0) is 6.42 Å². The average molecular weight is 373 g/mol. The van der Waals surface area contributed by atoms with E-state index in [1.165, 1.54) is 0 Å². The third-order valence-electron chi connectivity index (χ3n) is 4.96. The summed E-state index contributed by atoms with van der Waals surface area (Å²) in [7, 11) is 1.94. The van der Waals surface area contributed by atoms with E-state index in [0.29, 0.717) is 13.0 Å². The minimum atomic E-state index is -0.439. The molecule has 1 atom stereocenters. The van der Waals surface area contributed by atoms with Crippen molar-refractivity contribution >= 4 is 23.1 Å². The van der Waals surface area contributed by atoms with Gasteiger partial charge in [-0.3, -0.25) is 0 Å². The molecule has 0 bridgehead atoms. The summed E-state index contributed by atoms with van der Waals surface area (Å²) in [5.41, 5.74) is 5.58. The predicted octanol–water partition coefficient (Wildman–Crippen LogP) is 4.35. The summed E-state index contributed by atoms with van der Waals surface area (Å²) in [6.07, 6.45) is 0.0886. The molecule has 0 spiro atoms. The van der Waals surface area contributed by atoms with E-state index in [4.69, 9.17) is 0 Å². The van der Waals surface area contributed by atoms with Crippen LogP contribution in [0.4, 0.5) is 21.9 Å². The SMILES string of the molecule is CN1CC(O)Cc2c(NC(=O)Nc3cccc(-c4ccccc4)c3)cccc21. The fourth-order valence-electron chi connectivity index (χ4n) is 3.67. The molecule has 3 aromatic carbocycles. The maximum Gasteiger partial charge on any atom is 0.323 e. The Morgan fingerprint density at radius 3 is 2.54 bits per heavy atom. The van der Waals surface area contributed by atoms with E-state index in [-0.39, 0.29) is 6.03 Å². The van der Waals surface area contributed by atoms with Gasteiger partial charge in [0.1, 0.15) is 0 Å². The lowest BCUT2D eigenvalue weighted by molar-refractivity contribution is 0.177. The topological polar surface area (TPSA) is 64.6 Å². The number of amides is 2. The molecule has 1 aliphatic heterocycles. The molecule has 1 unspecified atom stereocenters. The van der Waals surface area contributed by atoms with Crippen LogP contribution in [0, 0.1) is 0 Å². The molecule has 1 aliphatic rings.